The molecule has 1 saturated heterocycles. The molecule has 7 nitrogen and oxygen atoms in total. The van der Waals surface area contributed by atoms with Crippen molar-refractivity contribution in [1.29, 1.82) is 0 Å². The van der Waals surface area contributed by atoms with Crippen LogP contribution in [0.25, 0.3) is 0 Å². The van der Waals surface area contributed by atoms with Gasteiger partial charge in [0.25, 0.3) is 5.91 Å². The normalized spacial score (nSPS) is 20.1. The summed E-state index contributed by atoms with van der Waals surface area (Å²) >= 11 is 0. The second-order valence-electron chi connectivity index (χ2n) is 6.99. The molecule has 1 aliphatic carbocycles. The molecule has 0 bridgehead atoms. The molecule has 1 aliphatic heterocycles. The van der Waals surface area contributed by atoms with Gasteiger partial charge in [0.2, 0.25) is 10.0 Å². The number of piperidine rings is 1. The highest BCUT2D eigenvalue weighted by atomic mass is 32.2. The lowest BCUT2D eigenvalue weighted by Gasteiger charge is -2.30. The molecule has 2 fully saturated rings. The van der Waals surface area contributed by atoms with Crippen LogP contribution < -0.4 is 5.32 Å². The smallest absolute Gasteiger partial charge is 0.309 e. The van der Waals surface area contributed by atoms with Gasteiger partial charge < -0.3 is 10.1 Å². The number of ether oxygens (including phenoxy) is 1. The first-order valence-electron chi connectivity index (χ1n) is 9.04. The third-order valence-corrected chi connectivity index (χ3v) is 6.74. The highest BCUT2D eigenvalue weighted by Gasteiger charge is 2.34. The number of nitrogens with zero attached hydrogens (tertiary/aromatic N) is 1. The summed E-state index contributed by atoms with van der Waals surface area (Å²) in [6.45, 7) is 1.87. The van der Waals surface area contributed by atoms with Crippen LogP contribution in [0.3, 0.4) is 0 Å². The van der Waals surface area contributed by atoms with Gasteiger partial charge in [-0.25, -0.2) is 12.8 Å². The Hall–Kier alpha value is -2.00. The van der Waals surface area contributed by atoms with Crippen LogP contribution in [-0.2, 0) is 24.3 Å². The first-order chi connectivity index (χ1) is 12.8. The molecule has 3 rings (SSSR count). The molecule has 1 aromatic carbocycles. The molecular weight excluding hydrogens is 375 g/mol. The van der Waals surface area contributed by atoms with E-state index in [2.05, 4.69) is 5.32 Å². The number of hydrogen-bond donors (Lipinski definition) is 1. The van der Waals surface area contributed by atoms with Gasteiger partial charge in [0.15, 0.2) is 6.10 Å². The number of esters is 1. The van der Waals surface area contributed by atoms with Gasteiger partial charge in [0, 0.05) is 19.1 Å². The summed E-state index contributed by atoms with van der Waals surface area (Å²) in [5, 5.41) is 2.78. The zero-order chi connectivity index (χ0) is 19.6. The zero-order valence-corrected chi connectivity index (χ0v) is 15.9. The lowest BCUT2D eigenvalue weighted by molar-refractivity contribution is -0.159. The molecule has 9 heteroatoms. The maximum absolute atomic E-state index is 13.0. The van der Waals surface area contributed by atoms with Gasteiger partial charge in [0.05, 0.1) is 10.8 Å². The van der Waals surface area contributed by atoms with Crippen molar-refractivity contribution in [2.45, 2.75) is 49.6 Å². The van der Waals surface area contributed by atoms with Crippen molar-refractivity contribution in [1.82, 2.24) is 9.62 Å². The van der Waals surface area contributed by atoms with Crippen LogP contribution in [0.2, 0.25) is 0 Å². The maximum atomic E-state index is 13.0. The number of hydrogen-bond acceptors (Lipinski definition) is 5. The molecule has 2 aliphatic rings. The SMILES string of the molecule is C[C@@H](OC(=O)C1CCN(S(=O)(=O)c2ccc(F)cc2)CC1)C(=O)NC1CC1. The highest BCUT2D eigenvalue weighted by molar-refractivity contribution is 7.89. The summed E-state index contributed by atoms with van der Waals surface area (Å²) in [6, 6.07) is 4.85. The maximum Gasteiger partial charge on any atom is 0.309 e. The first kappa shape index (κ1) is 19.8. The van der Waals surface area contributed by atoms with Crippen LogP contribution >= 0.6 is 0 Å². The Morgan fingerprint density at radius 1 is 1.15 bits per heavy atom. The molecule has 0 spiro atoms. The Morgan fingerprint density at radius 3 is 2.30 bits per heavy atom. The number of carbonyl (C=O) groups excluding carboxylic acids is 2. The van der Waals surface area contributed by atoms with Gasteiger partial charge in [-0.15, -0.1) is 0 Å². The Morgan fingerprint density at radius 2 is 1.74 bits per heavy atom. The van der Waals surface area contributed by atoms with Gasteiger partial charge in [-0.3, -0.25) is 9.59 Å². The zero-order valence-electron chi connectivity index (χ0n) is 15.1. The Kier molecular flexibility index (Phi) is 5.81. The number of benzene rings is 1. The van der Waals surface area contributed by atoms with Gasteiger partial charge in [-0.2, -0.15) is 4.31 Å². The minimum atomic E-state index is -3.72. The van der Waals surface area contributed by atoms with Gasteiger partial charge in [0.1, 0.15) is 5.82 Å². The van der Waals surface area contributed by atoms with Crippen molar-refractivity contribution in [2.75, 3.05) is 13.1 Å². The summed E-state index contributed by atoms with van der Waals surface area (Å²) in [5.41, 5.74) is 0. The summed E-state index contributed by atoms with van der Waals surface area (Å²) < 4.78 is 44.7. The minimum absolute atomic E-state index is 0.0234. The highest BCUT2D eigenvalue weighted by Crippen LogP contribution is 2.25. The summed E-state index contributed by atoms with van der Waals surface area (Å²) in [4.78, 5) is 24.2. The van der Waals surface area contributed by atoms with Crippen LogP contribution in [0.4, 0.5) is 4.39 Å². The van der Waals surface area contributed by atoms with E-state index < -0.39 is 33.8 Å². The number of amides is 1. The third-order valence-electron chi connectivity index (χ3n) is 4.82. The van der Waals surface area contributed by atoms with Crippen LogP contribution in [0, 0.1) is 11.7 Å². The second kappa shape index (κ2) is 7.93. The monoisotopic (exact) mass is 398 g/mol. The first-order valence-corrected chi connectivity index (χ1v) is 10.5. The Bertz CT molecular complexity index is 800. The van der Waals surface area contributed by atoms with Crippen LogP contribution in [-0.4, -0.2) is 49.8 Å². The van der Waals surface area contributed by atoms with Gasteiger partial charge in [-0.1, -0.05) is 0 Å². The van der Waals surface area contributed by atoms with Crippen LogP contribution in [0.1, 0.15) is 32.6 Å². The molecule has 1 heterocycles. The minimum Gasteiger partial charge on any atom is -0.452 e. The molecule has 1 amide bonds. The molecule has 148 valence electrons. The molecule has 1 saturated carbocycles. The topological polar surface area (TPSA) is 92.8 Å². The molecule has 1 aromatic rings. The number of sulfonamides is 1. The van der Waals surface area contributed by atoms with Crippen molar-refractivity contribution in [3.63, 3.8) is 0 Å². The van der Waals surface area contributed by atoms with Gasteiger partial charge in [-0.05, 0) is 56.9 Å². The number of halogens is 1. The van der Waals surface area contributed by atoms with E-state index in [0.717, 1.165) is 25.0 Å². The Balaban J connectivity index is 1.52. The molecule has 0 radical (unpaired) electrons. The third kappa shape index (κ3) is 4.84. The van der Waals surface area contributed by atoms with E-state index in [1.165, 1.54) is 23.4 Å². The second-order valence-corrected chi connectivity index (χ2v) is 8.93. The Labute approximate surface area is 157 Å². The van der Waals surface area contributed by atoms with E-state index in [0.29, 0.717) is 12.8 Å². The number of carbonyl (C=O) groups is 2. The van der Waals surface area contributed by atoms with Gasteiger partial charge >= 0.3 is 5.97 Å². The van der Waals surface area contributed by atoms with E-state index in [9.17, 15) is 22.4 Å². The summed E-state index contributed by atoms with van der Waals surface area (Å²) in [7, 11) is -3.72. The van der Waals surface area contributed by atoms with E-state index in [1.807, 2.05) is 0 Å². The predicted molar refractivity (Wildman–Crippen MR) is 94.6 cm³/mol. The van der Waals surface area contributed by atoms with Crippen molar-refractivity contribution >= 4 is 21.9 Å². The average Bonchev–Trinajstić information content (AvgIpc) is 3.46. The predicted octanol–water partition coefficient (Wildman–Crippen LogP) is 1.44. The van der Waals surface area contributed by atoms with E-state index >= 15 is 0 Å². The summed E-state index contributed by atoms with van der Waals surface area (Å²) in [6.07, 6.45) is 1.67. The van der Waals surface area contributed by atoms with Crippen molar-refractivity contribution in [3.05, 3.63) is 30.1 Å². The standard InChI is InChI=1S/C18H23FN2O5S/c1-12(17(22)20-15-4-5-15)26-18(23)13-8-10-21(11-9-13)27(24,25)16-6-2-14(19)3-7-16/h2-3,6-7,12-13,15H,4-5,8-11H2,1H3,(H,20,22)/t12-/m1/s1. The average molecular weight is 398 g/mol. The molecule has 27 heavy (non-hydrogen) atoms. The number of rotatable bonds is 6. The van der Waals surface area contributed by atoms with Crippen molar-refractivity contribution in [3.8, 4) is 0 Å². The fraction of sp³-hybridized carbons (Fsp3) is 0.556. The van der Waals surface area contributed by atoms with E-state index in [1.54, 1.807) is 0 Å². The quantitative estimate of drug-likeness (QED) is 0.732. The molecule has 1 N–H and O–H groups in total. The van der Waals surface area contributed by atoms with E-state index in [4.69, 9.17) is 4.74 Å². The fourth-order valence-corrected chi connectivity index (χ4v) is 4.43. The molecule has 1 atom stereocenters. The largest absolute Gasteiger partial charge is 0.452 e. The number of nitrogens with one attached hydrogen (secondary N) is 1. The van der Waals surface area contributed by atoms with Crippen LogP contribution in [0.15, 0.2) is 29.2 Å². The molecule has 0 aromatic heterocycles. The molecular formula is C18H23FN2O5S. The fourth-order valence-electron chi connectivity index (χ4n) is 2.96. The van der Waals surface area contributed by atoms with Crippen molar-refractivity contribution in [2.24, 2.45) is 5.92 Å². The van der Waals surface area contributed by atoms with Crippen LogP contribution in [0.5, 0.6) is 0 Å². The lowest BCUT2D eigenvalue weighted by Crippen LogP contribution is -2.42. The molecule has 0 unspecified atom stereocenters. The van der Waals surface area contributed by atoms with E-state index in [-0.39, 0.29) is 29.9 Å². The van der Waals surface area contributed by atoms with Crippen molar-refractivity contribution < 1.29 is 27.1 Å². The lowest BCUT2D eigenvalue weighted by atomic mass is 9.98. The summed E-state index contributed by atoms with van der Waals surface area (Å²) in [5.74, 6) is -1.73.